The Kier molecular flexibility index (Phi) is 10.3. The number of hydrogen-bond acceptors (Lipinski definition) is 5. The fourth-order valence-corrected chi connectivity index (χ4v) is 6.28. The third kappa shape index (κ3) is 7.34. The number of hydrogen-bond donors (Lipinski definition) is 3. The van der Waals surface area contributed by atoms with Gasteiger partial charge in [0, 0.05) is 12.1 Å². The molecule has 0 aliphatic heterocycles. The molecule has 0 saturated heterocycles. The van der Waals surface area contributed by atoms with Gasteiger partial charge in [-0.05, 0) is 47.4 Å². The maximum atomic E-state index is 14.6. The Hall–Kier alpha value is -6.43. The third-order valence-electron chi connectivity index (χ3n) is 9.01. The van der Waals surface area contributed by atoms with E-state index in [-0.39, 0.29) is 34.9 Å². The first-order valence-corrected chi connectivity index (χ1v) is 16.6. The van der Waals surface area contributed by atoms with Gasteiger partial charge in [-0.25, -0.2) is 9.07 Å². The molecule has 53 heavy (non-hydrogen) atoms. The van der Waals surface area contributed by atoms with Crippen LogP contribution in [0.15, 0.2) is 133 Å². The van der Waals surface area contributed by atoms with E-state index in [1.807, 2.05) is 91.0 Å². The van der Waals surface area contributed by atoms with Crippen LogP contribution in [-0.2, 0) is 12.1 Å². The van der Waals surface area contributed by atoms with Crippen molar-refractivity contribution >= 4 is 17.6 Å². The van der Waals surface area contributed by atoms with Crippen LogP contribution in [0.25, 0.3) is 11.3 Å². The summed E-state index contributed by atoms with van der Waals surface area (Å²) >= 11 is 0. The Morgan fingerprint density at radius 3 is 1.81 bits per heavy atom. The molecule has 0 saturated carbocycles. The Bertz CT molecular complexity index is 2110. The van der Waals surface area contributed by atoms with Gasteiger partial charge in [-0.3, -0.25) is 9.59 Å². The van der Waals surface area contributed by atoms with Crippen LogP contribution in [0.2, 0.25) is 0 Å². The second kappa shape index (κ2) is 15.0. The van der Waals surface area contributed by atoms with Crippen LogP contribution in [0, 0.1) is 5.82 Å². The van der Waals surface area contributed by atoms with E-state index in [4.69, 9.17) is 10.5 Å². The highest BCUT2D eigenvalue weighted by atomic mass is 19.4. The molecular formula is C41H35F4N5O3. The summed E-state index contributed by atoms with van der Waals surface area (Å²) in [4.78, 5) is 26.3. The zero-order chi connectivity index (χ0) is 37.8. The minimum absolute atomic E-state index is 0.0113. The summed E-state index contributed by atoms with van der Waals surface area (Å²) < 4.78 is 63.6. The largest absolute Gasteiger partial charge is 0.496 e. The standard InChI is InChI=1S/C41H35F4N5O3/c1-26(41(43,44)45)50-38(48-40(29-12-6-3-7-13-29,30-14-8-4-9-15-30)31-16-10-5-11-17-31)35(37(46)51)36(49-50)28-20-18-27(19-21-28)25-47-39(52)33-24-32(42)22-23-34(33)53-2/h3-24,26,48H,25H2,1-2H3,(H2,46,51)(H,47,52)/t26-/m0/s1. The van der Waals surface area contributed by atoms with Crippen molar-refractivity contribution in [1.29, 1.82) is 0 Å². The van der Waals surface area contributed by atoms with E-state index in [0.717, 1.165) is 17.7 Å². The number of nitrogens with two attached hydrogens (primary N) is 1. The number of anilines is 1. The number of carbonyl (C=O) groups excluding carboxylic acids is 2. The number of ether oxygens (including phenoxy) is 1. The molecule has 0 bridgehead atoms. The molecular weight excluding hydrogens is 686 g/mol. The highest BCUT2D eigenvalue weighted by Crippen LogP contribution is 2.44. The van der Waals surface area contributed by atoms with Crippen molar-refractivity contribution in [3.8, 4) is 17.0 Å². The lowest BCUT2D eigenvalue weighted by molar-refractivity contribution is -0.164. The third-order valence-corrected chi connectivity index (χ3v) is 9.01. The van der Waals surface area contributed by atoms with Crippen molar-refractivity contribution in [2.75, 3.05) is 12.4 Å². The molecule has 0 fully saturated rings. The lowest BCUT2D eigenvalue weighted by Gasteiger charge is -2.38. The minimum Gasteiger partial charge on any atom is -0.496 e. The summed E-state index contributed by atoms with van der Waals surface area (Å²) in [6.45, 7) is 0.989. The number of methoxy groups -OCH3 is 1. The van der Waals surface area contributed by atoms with Crippen LogP contribution >= 0.6 is 0 Å². The van der Waals surface area contributed by atoms with Crippen LogP contribution < -0.4 is 21.1 Å². The number of amides is 2. The van der Waals surface area contributed by atoms with Crippen molar-refractivity contribution < 1.29 is 31.9 Å². The molecule has 0 aliphatic carbocycles. The van der Waals surface area contributed by atoms with E-state index in [1.54, 1.807) is 24.3 Å². The maximum Gasteiger partial charge on any atom is 0.410 e. The summed E-state index contributed by atoms with van der Waals surface area (Å²) in [5.74, 6) is -2.20. The normalized spacial score (nSPS) is 12.2. The first kappa shape index (κ1) is 36.4. The predicted molar refractivity (Wildman–Crippen MR) is 194 cm³/mol. The molecule has 0 radical (unpaired) electrons. The number of nitrogens with zero attached hydrogens (tertiary/aromatic N) is 2. The van der Waals surface area contributed by atoms with Gasteiger partial charge in [-0.1, -0.05) is 115 Å². The number of rotatable bonds is 12. The van der Waals surface area contributed by atoms with Crippen molar-refractivity contribution in [2.45, 2.75) is 31.2 Å². The van der Waals surface area contributed by atoms with E-state index < -0.39 is 35.4 Å². The number of halogens is 4. The number of carbonyl (C=O) groups is 2. The van der Waals surface area contributed by atoms with Crippen LogP contribution in [0.1, 0.15) is 55.9 Å². The first-order chi connectivity index (χ1) is 25.4. The molecule has 6 aromatic rings. The average Bonchev–Trinajstić information content (AvgIpc) is 3.55. The van der Waals surface area contributed by atoms with Gasteiger partial charge < -0.3 is 21.1 Å². The second-order valence-electron chi connectivity index (χ2n) is 12.3. The fourth-order valence-electron chi connectivity index (χ4n) is 6.28. The van der Waals surface area contributed by atoms with E-state index in [0.29, 0.717) is 27.8 Å². The monoisotopic (exact) mass is 721 g/mol. The molecule has 8 nitrogen and oxygen atoms in total. The molecule has 270 valence electrons. The van der Waals surface area contributed by atoms with E-state index in [1.165, 1.54) is 19.2 Å². The fraction of sp³-hybridized carbons (Fsp3) is 0.146. The molecule has 2 amide bonds. The predicted octanol–water partition coefficient (Wildman–Crippen LogP) is 8.25. The topological polar surface area (TPSA) is 111 Å². The number of aromatic nitrogens is 2. The Balaban J connectivity index is 1.47. The zero-order valence-corrected chi connectivity index (χ0v) is 28.7. The van der Waals surface area contributed by atoms with Gasteiger partial charge in [-0.15, -0.1) is 0 Å². The Morgan fingerprint density at radius 2 is 1.34 bits per heavy atom. The number of benzene rings is 5. The van der Waals surface area contributed by atoms with Crippen molar-refractivity contribution in [3.63, 3.8) is 0 Å². The lowest BCUT2D eigenvalue weighted by Crippen LogP contribution is -2.40. The van der Waals surface area contributed by atoms with E-state index in [9.17, 15) is 27.2 Å². The van der Waals surface area contributed by atoms with Crippen molar-refractivity contribution in [1.82, 2.24) is 15.1 Å². The highest BCUT2D eigenvalue weighted by molar-refractivity contribution is 6.04. The molecule has 1 heterocycles. The van der Waals surface area contributed by atoms with Crippen molar-refractivity contribution in [3.05, 3.63) is 173 Å². The van der Waals surface area contributed by atoms with Gasteiger partial charge in [0.2, 0.25) is 0 Å². The van der Waals surface area contributed by atoms with E-state index in [2.05, 4.69) is 15.7 Å². The quantitative estimate of drug-likeness (QED) is 0.0871. The summed E-state index contributed by atoms with van der Waals surface area (Å²) in [5, 5.41) is 10.5. The summed E-state index contributed by atoms with van der Waals surface area (Å²) in [6, 6.07) is 35.4. The average molecular weight is 722 g/mol. The van der Waals surface area contributed by atoms with Crippen LogP contribution in [0.5, 0.6) is 5.75 Å². The molecule has 1 atom stereocenters. The molecule has 12 heteroatoms. The highest BCUT2D eigenvalue weighted by Gasteiger charge is 2.44. The summed E-state index contributed by atoms with van der Waals surface area (Å²) in [6.07, 6.45) is -4.75. The lowest BCUT2D eigenvalue weighted by atomic mass is 9.77. The van der Waals surface area contributed by atoms with Gasteiger partial charge in [-0.2, -0.15) is 18.3 Å². The molecule has 5 aromatic carbocycles. The van der Waals surface area contributed by atoms with Gasteiger partial charge in [0.25, 0.3) is 11.8 Å². The number of primary amides is 1. The maximum absolute atomic E-state index is 14.6. The number of alkyl halides is 3. The second-order valence-corrected chi connectivity index (χ2v) is 12.3. The van der Waals surface area contributed by atoms with Gasteiger partial charge in [0.15, 0.2) is 0 Å². The number of nitrogens with one attached hydrogen (secondary N) is 2. The zero-order valence-electron chi connectivity index (χ0n) is 28.7. The molecule has 6 rings (SSSR count). The molecule has 0 spiro atoms. The van der Waals surface area contributed by atoms with Crippen LogP contribution in [-0.4, -0.2) is 34.9 Å². The van der Waals surface area contributed by atoms with Gasteiger partial charge in [0.1, 0.15) is 40.2 Å². The van der Waals surface area contributed by atoms with Crippen LogP contribution in [0.3, 0.4) is 0 Å². The SMILES string of the molecule is COc1ccc(F)cc1C(=O)NCc1ccc(-c2nn([C@@H](C)C(F)(F)F)c(NC(c3ccccc3)(c3ccccc3)c3ccccc3)c2C(N)=O)cc1. The first-order valence-electron chi connectivity index (χ1n) is 16.6. The van der Waals surface area contributed by atoms with Crippen molar-refractivity contribution in [2.24, 2.45) is 5.73 Å². The minimum atomic E-state index is -4.75. The van der Waals surface area contributed by atoms with Gasteiger partial charge in [0.05, 0.1) is 12.7 Å². The van der Waals surface area contributed by atoms with Crippen LogP contribution in [0.4, 0.5) is 23.4 Å². The molecule has 0 unspecified atom stereocenters. The molecule has 4 N–H and O–H groups in total. The summed E-state index contributed by atoms with van der Waals surface area (Å²) in [5.41, 5.74) is 7.36. The Morgan fingerprint density at radius 1 is 0.811 bits per heavy atom. The summed E-state index contributed by atoms with van der Waals surface area (Å²) in [7, 11) is 1.37. The molecule has 1 aromatic heterocycles. The van der Waals surface area contributed by atoms with Gasteiger partial charge >= 0.3 is 6.18 Å². The Labute approximate surface area is 303 Å². The molecule has 0 aliphatic rings. The van der Waals surface area contributed by atoms with E-state index >= 15 is 0 Å². The smallest absolute Gasteiger partial charge is 0.410 e.